The number of carbonyl (C=O) groups excluding carboxylic acids is 1. The van der Waals surface area contributed by atoms with E-state index in [1.165, 1.54) is 0 Å². The van der Waals surface area contributed by atoms with Crippen molar-refractivity contribution in [2.24, 2.45) is 5.10 Å². The number of para-hydroxylation sites is 1. The molecule has 0 bridgehead atoms. The zero-order valence-corrected chi connectivity index (χ0v) is 18.1. The summed E-state index contributed by atoms with van der Waals surface area (Å²) in [6, 6.07) is 24.7. The lowest BCUT2D eigenvalue weighted by molar-refractivity contribution is 0.0956. The van der Waals surface area contributed by atoms with Gasteiger partial charge in [0, 0.05) is 16.5 Å². The van der Waals surface area contributed by atoms with E-state index in [0.29, 0.717) is 22.8 Å². The Morgan fingerprint density at radius 2 is 1.59 bits per heavy atom. The van der Waals surface area contributed by atoms with Crippen LogP contribution in [0.1, 0.15) is 22.8 Å². The monoisotopic (exact) mass is 425 g/mol. The van der Waals surface area contributed by atoms with Crippen LogP contribution >= 0.6 is 0 Å². The number of hydrazone groups is 1. The number of amides is 1. The van der Waals surface area contributed by atoms with Crippen LogP contribution in [0.3, 0.4) is 0 Å². The number of fused-ring (bicyclic) bond motifs is 1. The van der Waals surface area contributed by atoms with Crippen molar-refractivity contribution >= 4 is 22.5 Å². The van der Waals surface area contributed by atoms with Gasteiger partial charge in [0.15, 0.2) is 11.5 Å². The highest BCUT2D eigenvalue weighted by Crippen LogP contribution is 2.28. The molecule has 160 valence electrons. The van der Waals surface area contributed by atoms with Gasteiger partial charge in [-0.25, -0.2) is 10.4 Å². The highest BCUT2D eigenvalue weighted by molar-refractivity contribution is 6.08. The fraction of sp³-hybridized carbons (Fsp3) is 0.115. The number of carbonyl (C=O) groups is 1. The normalized spacial score (nSPS) is 11.3. The van der Waals surface area contributed by atoms with Crippen molar-refractivity contribution in [2.75, 3.05) is 14.2 Å². The van der Waals surface area contributed by atoms with Gasteiger partial charge >= 0.3 is 0 Å². The first kappa shape index (κ1) is 21.1. The van der Waals surface area contributed by atoms with E-state index in [1.807, 2.05) is 73.7 Å². The molecule has 1 aromatic heterocycles. The molecular formula is C26H23N3O3. The molecule has 32 heavy (non-hydrogen) atoms. The van der Waals surface area contributed by atoms with Crippen LogP contribution in [0.15, 0.2) is 84.0 Å². The van der Waals surface area contributed by atoms with Crippen molar-refractivity contribution in [1.29, 1.82) is 0 Å². The van der Waals surface area contributed by atoms with E-state index >= 15 is 0 Å². The van der Waals surface area contributed by atoms with Gasteiger partial charge in [0.25, 0.3) is 5.91 Å². The Bertz CT molecular complexity index is 1300. The quantitative estimate of drug-likeness (QED) is 0.346. The second-order valence-corrected chi connectivity index (χ2v) is 7.15. The van der Waals surface area contributed by atoms with Crippen LogP contribution in [-0.2, 0) is 0 Å². The zero-order valence-electron chi connectivity index (χ0n) is 18.1. The average Bonchev–Trinajstić information content (AvgIpc) is 2.86. The standard InChI is InChI=1S/C26H23N3O3/c1-17(19-13-14-24(31-2)25(15-19)32-3)28-29-26(30)21-16-23(18-9-5-4-6-10-18)27-22-12-8-7-11-20(21)22/h4-16H,1-3H3,(H,29,30). The highest BCUT2D eigenvalue weighted by Gasteiger charge is 2.14. The number of ether oxygens (including phenoxy) is 2. The fourth-order valence-corrected chi connectivity index (χ4v) is 3.44. The van der Waals surface area contributed by atoms with Crippen LogP contribution < -0.4 is 14.9 Å². The minimum atomic E-state index is -0.305. The van der Waals surface area contributed by atoms with E-state index in [2.05, 4.69) is 10.5 Å². The molecule has 3 aromatic carbocycles. The number of aromatic nitrogens is 1. The van der Waals surface area contributed by atoms with E-state index in [1.54, 1.807) is 26.4 Å². The molecule has 1 heterocycles. The van der Waals surface area contributed by atoms with Crippen molar-refractivity contribution in [3.63, 3.8) is 0 Å². The average molecular weight is 425 g/mol. The summed E-state index contributed by atoms with van der Waals surface area (Å²) in [7, 11) is 3.16. The third-order valence-corrected chi connectivity index (χ3v) is 5.16. The first-order valence-electron chi connectivity index (χ1n) is 10.1. The summed E-state index contributed by atoms with van der Waals surface area (Å²) < 4.78 is 10.6. The molecule has 0 spiro atoms. The molecule has 6 heteroatoms. The summed E-state index contributed by atoms with van der Waals surface area (Å²) in [4.78, 5) is 17.8. The van der Waals surface area contributed by atoms with Crippen LogP contribution in [0.4, 0.5) is 0 Å². The van der Waals surface area contributed by atoms with Gasteiger partial charge in [0.2, 0.25) is 0 Å². The number of methoxy groups -OCH3 is 2. The summed E-state index contributed by atoms with van der Waals surface area (Å²) in [5.74, 6) is 0.920. The first-order valence-corrected chi connectivity index (χ1v) is 10.1. The molecule has 0 aliphatic carbocycles. The molecule has 1 amide bonds. The minimum absolute atomic E-state index is 0.305. The lowest BCUT2D eigenvalue weighted by Crippen LogP contribution is -2.20. The molecule has 1 N–H and O–H groups in total. The predicted octanol–water partition coefficient (Wildman–Crippen LogP) is 5.07. The summed E-state index contributed by atoms with van der Waals surface area (Å²) in [6.45, 7) is 1.82. The SMILES string of the molecule is COc1ccc(C(C)=NNC(=O)c2cc(-c3ccccc3)nc3ccccc23)cc1OC. The number of rotatable bonds is 6. The molecule has 0 aliphatic heterocycles. The lowest BCUT2D eigenvalue weighted by atomic mass is 10.0. The van der Waals surface area contributed by atoms with E-state index in [-0.39, 0.29) is 5.91 Å². The van der Waals surface area contributed by atoms with Crippen LogP contribution in [0, 0.1) is 0 Å². The third-order valence-electron chi connectivity index (χ3n) is 5.16. The topological polar surface area (TPSA) is 72.8 Å². The van der Waals surface area contributed by atoms with Gasteiger partial charge < -0.3 is 9.47 Å². The van der Waals surface area contributed by atoms with Gasteiger partial charge in [-0.1, -0.05) is 48.5 Å². The van der Waals surface area contributed by atoms with E-state index in [9.17, 15) is 4.79 Å². The Morgan fingerprint density at radius 1 is 0.875 bits per heavy atom. The summed E-state index contributed by atoms with van der Waals surface area (Å²) in [6.07, 6.45) is 0. The van der Waals surface area contributed by atoms with Gasteiger partial charge in [0.1, 0.15) is 0 Å². The van der Waals surface area contributed by atoms with Crippen LogP contribution in [0.5, 0.6) is 11.5 Å². The number of hydrogen-bond donors (Lipinski definition) is 1. The third kappa shape index (κ3) is 4.30. The summed E-state index contributed by atoms with van der Waals surface area (Å²) >= 11 is 0. The second kappa shape index (κ2) is 9.31. The molecule has 0 unspecified atom stereocenters. The largest absolute Gasteiger partial charge is 0.493 e. The second-order valence-electron chi connectivity index (χ2n) is 7.15. The van der Waals surface area contributed by atoms with Crippen LogP contribution in [0.2, 0.25) is 0 Å². The van der Waals surface area contributed by atoms with Crippen LogP contribution in [0.25, 0.3) is 22.2 Å². The molecule has 6 nitrogen and oxygen atoms in total. The van der Waals surface area contributed by atoms with Gasteiger partial charge in [-0.05, 0) is 37.3 Å². The van der Waals surface area contributed by atoms with Gasteiger partial charge in [-0.3, -0.25) is 4.79 Å². The van der Waals surface area contributed by atoms with Crippen LogP contribution in [-0.4, -0.2) is 30.8 Å². The van der Waals surface area contributed by atoms with Crippen molar-refractivity contribution in [2.45, 2.75) is 6.92 Å². The first-order chi connectivity index (χ1) is 15.6. The number of nitrogens with one attached hydrogen (secondary N) is 1. The highest BCUT2D eigenvalue weighted by atomic mass is 16.5. The Balaban J connectivity index is 1.67. The number of pyridine rings is 1. The lowest BCUT2D eigenvalue weighted by Gasteiger charge is -2.11. The van der Waals surface area contributed by atoms with E-state index < -0.39 is 0 Å². The molecule has 0 aliphatic rings. The van der Waals surface area contributed by atoms with Crippen molar-refractivity contribution in [3.8, 4) is 22.8 Å². The predicted molar refractivity (Wildman–Crippen MR) is 126 cm³/mol. The maximum Gasteiger partial charge on any atom is 0.272 e. The molecule has 0 fully saturated rings. The van der Waals surface area contributed by atoms with E-state index in [4.69, 9.17) is 14.5 Å². The molecule has 0 saturated heterocycles. The Morgan fingerprint density at radius 3 is 2.34 bits per heavy atom. The van der Waals surface area contributed by atoms with Crippen molar-refractivity contribution in [1.82, 2.24) is 10.4 Å². The Hall–Kier alpha value is -4.19. The molecular weight excluding hydrogens is 402 g/mol. The molecule has 0 radical (unpaired) electrons. The maximum absolute atomic E-state index is 13.1. The van der Waals surface area contributed by atoms with Crippen molar-refractivity contribution < 1.29 is 14.3 Å². The van der Waals surface area contributed by atoms with Crippen molar-refractivity contribution in [3.05, 3.63) is 90.0 Å². The maximum atomic E-state index is 13.1. The van der Waals surface area contributed by atoms with Gasteiger partial charge in [-0.15, -0.1) is 0 Å². The number of benzene rings is 3. The van der Waals surface area contributed by atoms with Gasteiger partial charge in [-0.2, -0.15) is 5.10 Å². The Kier molecular flexibility index (Phi) is 6.12. The van der Waals surface area contributed by atoms with Gasteiger partial charge in [0.05, 0.1) is 36.7 Å². The minimum Gasteiger partial charge on any atom is -0.493 e. The molecule has 4 aromatic rings. The number of hydrogen-bond acceptors (Lipinski definition) is 5. The number of nitrogens with zero attached hydrogens (tertiary/aromatic N) is 2. The zero-order chi connectivity index (χ0) is 22.5. The molecule has 0 saturated carbocycles. The summed E-state index contributed by atoms with van der Waals surface area (Å²) in [5, 5.41) is 5.08. The Labute approximate surface area is 186 Å². The summed E-state index contributed by atoms with van der Waals surface area (Å²) in [5.41, 5.74) is 7.07. The smallest absolute Gasteiger partial charge is 0.272 e. The fourth-order valence-electron chi connectivity index (χ4n) is 3.44. The molecule has 0 atom stereocenters. The molecule has 4 rings (SSSR count). The van der Waals surface area contributed by atoms with E-state index in [0.717, 1.165) is 27.7 Å².